The zero-order chi connectivity index (χ0) is 20.2. The summed E-state index contributed by atoms with van der Waals surface area (Å²) >= 11 is 0. The molecule has 0 radical (unpaired) electrons. The van der Waals surface area contributed by atoms with Crippen molar-refractivity contribution < 1.29 is 0 Å². The molecule has 0 heteroatoms. The number of hydrogen-bond donors (Lipinski definition) is 0. The van der Waals surface area contributed by atoms with Crippen LogP contribution in [0.2, 0.25) is 0 Å². The van der Waals surface area contributed by atoms with Crippen LogP contribution < -0.4 is 0 Å². The molecule has 28 heavy (non-hydrogen) atoms. The lowest BCUT2D eigenvalue weighted by molar-refractivity contribution is 1.47. The van der Waals surface area contributed by atoms with E-state index < -0.39 is 0 Å². The van der Waals surface area contributed by atoms with Crippen molar-refractivity contribution in [3.05, 3.63) is 120 Å². The zero-order valence-corrected chi connectivity index (χ0v) is 17.4. The molecule has 0 heterocycles. The molecule has 0 bridgehead atoms. The number of benzene rings is 4. The molecule has 0 nitrogen and oxygen atoms in total. The molecule has 0 aliphatic carbocycles. The summed E-state index contributed by atoms with van der Waals surface area (Å²) < 4.78 is 0. The molecule has 4 aromatic rings. The first-order chi connectivity index (χ1) is 13.7. The maximum absolute atomic E-state index is 2.20. The molecule has 0 aliphatic heterocycles. The van der Waals surface area contributed by atoms with Gasteiger partial charge in [0.05, 0.1) is 0 Å². The molecule has 4 aromatic carbocycles. The Balaban J connectivity index is 0.000000184. The van der Waals surface area contributed by atoms with E-state index in [1.165, 1.54) is 33.4 Å². The quantitative estimate of drug-likeness (QED) is 0.334. The second-order valence-corrected chi connectivity index (χ2v) is 6.47. The van der Waals surface area contributed by atoms with E-state index in [9.17, 15) is 0 Å². The van der Waals surface area contributed by atoms with Crippen LogP contribution in [0.4, 0.5) is 0 Å². The molecular weight excluding hydrogens is 336 g/mol. The van der Waals surface area contributed by atoms with Crippen LogP contribution in [0.1, 0.15) is 25.0 Å². The van der Waals surface area contributed by atoms with Gasteiger partial charge in [0.2, 0.25) is 0 Å². The highest BCUT2D eigenvalue weighted by Gasteiger charge is 1.95. The normalized spacial score (nSPS) is 9.43. The van der Waals surface area contributed by atoms with Crippen LogP contribution in [0.5, 0.6) is 0 Å². The van der Waals surface area contributed by atoms with Crippen molar-refractivity contribution in [2.45, 2.75) is 27.7 Å². The van der Waals surface area contributed by atoms with Crippen molar-refractivity contribution in [3.63, 3.8) is 0 Å². The molecule has 0 N–H and O–H groups in total. The Kier molecular flexibility index (Phi) is 8.75. The van der Waals surface area contributed by atoms with E-state index in [1.807, 2.05) is 26.0 Å². The van der Waals surface area contributed by atoms with Crippen LogP contribution in [0.15, 0.2) is 109 Å². The first-order valence-electron chi connectivity index (χ1n) is 9.96. The van der Waals surface area contributed by atoms with Crippen LogP contribution in [0.3, 0.4) is 0 Å². The average molecular weight is 367 g/mol. The van der Waals surface area contributed by atoms with E-state index >= 15 is 0 Å². The largest absolute Gasteiger partial charge is 0.0683 e. The highest BCUT2D eigenvalue weighted by atomic mass is 14.0. The second-order valence-electron chi connectivity index (χ2n) is 6.47. The van der Waals surface area contributed by atoms with Crippen molar-refractivity contribution in [3.8, 4) is 22.3 Å². The molecule has 0 amide bonds. The summed E-state index contributed by atoms with van der Waals surface area (Å²) in [6.07, 6.45) is 0. The smallest absolute Gasteiger partial charge is 0.0181 e. The van der Waals surface area contributed by atoms with Gasteiger partial charge in [-0.05, 0) is 36.1 Å². The molecule has 0 saturated heterocycles. The fourth-order valence-electron chi connectivity index (χ4n) is 2.91. The van der Waals surface area contributed by atoms with Gasteiger partial charge in [0, 0.05) is 0 Å². The van der Waals surface area contributed by atoms with Crippen LogP contribution in [0.25, 0.3) is 22.3 Å². The monoisotopic (exact) mass is 366 g/mol. The van der Waals surface area contributed by atoms with E-state index in [1.54, 1.807) is 0 Å². The highest BCUT2D eigenvalue weighted by Crippen LogP contribution is 2.20. The summed E-state index contributed by atoms with van der Waals surface area (Å²) in [5.41, 5.74) is 7.77. The Labute approximate surface area is 170 Å². The minimum Gasteiger partial charge on any atom is -0.0683 e. The summed E-state index contributed by atoms with van der Waals surface area (Å²) in [5.74, 6) is 0. The molecule has 0 aliphatic rings. The molecule has 0 atom stereocenters. The molecular formula is C28H30. The fraction of sp³-hybridized carbons (Fsp3) is 0.143. The molecule has 0 fully saturated rings. The predicted molar refractivity (Wildman–Crippen MR) is 125 cm³/mol. The topological polar surface area (TPSA) is 0 Å². The third-order valence-corrected chi connectivity index (χ3v) is 4.25. The summed E-state index contributed by atoms with van der Waals surface area (Å²) in [7, 11) is 0. The molecule has 142 valence electrons. The molecule has 0 aromatic heterocycles. The maximum Gasteiger partial charge on any atom is -0.0181 e. The van der Waals surface area contributed by atoms with Gasteiger partial charge in [-0.15, -0.1) is 0 Å². The van der Waals surface area contributed by atoms with Gasteiger partial charge in [-0.25, -0.2) is 0 Å². The third-order valence-electron chi connectivity index (χ3n) is 4.25. The lowest BCUT2D eigenvalue weighted by atomic mass is 10.0. The van der Waals surface area contributed by atoms with Crippen LogP contribution >= 0.6 is 0 Å². The first-order valence-corrected chi connectivity index (χ1v) is 9.96. The summed E-state index contributed by atoms with van der Waals surface area (Å²) in [5, 5.41) is 0. The van der Waals surface area contributed by atoms with Crippen molar-refractivity contribution >= 4 is 0 Å². The van der Waals surface area contributed by atoms with Crippen molar-refractivity contribution in [2.75, 3.05) is 0 Å². The summed E-state index contributed by atoms with van der Waals surface area (Å²) in [6.45, 7) is 8.24. The minimum absolute atomic E-state index is 1.28. The predicted octanol–water partition coefficient (Wildman–Crippen LogP) is 8.35. The summed E-state index contributed by atoms with van der Waals surface area (Å²) in [6, 6.07) is 38.0. The molecule has 4 rings (SSSR count). The van der Waals surface area contributed by atoms with Crippen molar-refractivity contribution in [1.82, 2.24) is 0 Å². The Morgan fingerprint density at radius 1 is 0.357 bits per heavy atom. The van der Waals surface area contributed by atoms with Gasteiger partial charge in [-0.1, -0.05) is 134 Å². The van der Waals surface area contributed by atoms with Gasteiger partial charge < -0.3 is 0 Å². The van der Waals surface area contributed by atoms with E-state index in [-0.39, 0.29) is 0 Å². The van der Waals surface area contributed by atoms with Crippen LogP contribution in [-0.2, 0) is 0 Å². The van der Waals surface area contributed by atoms with Crippen LogP contribution in [-0.4, -0.2) is 0 Å². The minimum atomic E-state index is 1.28. The van der Waals surface area contributed by atoms with Gasteiger partial charge in [-0.2, -0.15) is 0 Å². The second kappa shape index (κ2) is 11.6. The lowest BCUT2D eigenvalue weighted by Crippen LogP contribution is -1.77. The number of aryl methyl sites for hydroxylation is 2. The maximum atomic E-state index is 2.20. The van der Waals surface area contributed by atoms with Gasteiger partial charge in [0.1, 0.15) is 0 Å². The summed E-state index contributed by atoms with van der Waals surface area (Å²) in [4.78, 5) is 0. The standard InChI is InChI=1S/2C13H12.C2H6/c2*1-11-6-5-9-13(10-11)12-7-3-2-4-8-12;1-2/h2*2-10H,1H3;1-2H3. The first kappa shape index (κ1) is 21.2. The van der Waals surface area contributed by atoms with Gasteiger partial charge in [-0.3, -0.25) is 0 Å². The molecule has 0 saturated carbocycles. The van der Waals surface area contributed by atoms with E-state index in [2.05, 4.69) is 111 Å². The Bertz CT molecular complexity index is 857. The number of hydrogen-bond acceptors (Lipinski definition) is 0. The lowest BCUT2D eigenvalue weighted by Gasteiger charge is -2.01. The Hall–Kier alpha value is -3.12. The van der Waals surface area contributed by atoms with Gasteiger partial charge in [0.25, 0.3) is 0 Å². The van der Waals surface area contributed by atoms with Crippen molar-refractivity contribution in [2.24, 2.45) is 0 Å². The fourth-order valence-corrected chi connectivity index (χ4v) is 2.91. The van der Waals surface area contributed by atoms with Crippen LogP contribution in [0, 0.1) is 13.8 Å². The number of rotatable bonds is 2. The van der Waals surface area contributed by atoms with Gasteiger partial charge in [0.15, 0.2) is 0 Å². The van der Waals surface area contributed by atoms with Gasteiger partial charge >= 0.3 is 0 Å². The van der Waals surface area contributed by atoms with E-state index in [4.69, 9.17) is 0 Å². The Morgan fingerprint density at radius 3 is 1.00 bits per heavy atom. The van der Waals surface area contributed by atoms with Crippen molar-refractivity contribution in [1.29, 1.82) is 0 Å². The SMILES string of the molecule is CC.Cc1cccc(-c2ccccc2)c1.Cc1cccc(-c2ccccc2)c1. The van der Waals surface area contributed by atoms with E-state index in [0.717, 1.165) is 0 Å². The third kappa shape index (κ3) is 6.55. The molecule has 0 unspecified atom stereocenters. The zero-order valence-electron chi connectivity index (χ0n) is 17.4. The highest BCUT2D eigenvalue weighted by molar-refractivity contribution is 5.64. The average Bonchev–Trinajstić information content (AvgIpc) is 2.77. The molecule has 0 spiro atoms. The van der Waals surface area contributed by atoms with E-state index in [0.29, 0.717) is 0 Å². The Morgan fingerprint density at radius 2 is 0.679 bits per heavy atom.